The normalized spacial score (nSPS) is 14.7. The highest BCUT2D eigenvalue weighted by atomic mass is 19.4. The van der Waals surface area contributed by atoms with E-state index in [2.05, 4.69) is 5.32 Å². The number of anilines is 1. The molecule has 0 saturated heterocycles. The summed E-state index contributed by atoms with van der Waals surface area (Å²) in [7, 11) is 0. The SMILES string of the molecule is FC(F)(F)c1ccc2c(c1)NCO2. The number of rotatable bonds is 0. The molecule has 1 N–H and O–H groups in total. The summed E-state index contributed by atoms with van der Waals surface area (Å²) < 4.78 is 41.6. The molecule has 1 aromatic rings. The molecule has 0 amide bonds. The monoisotopic (exact) mass is 189 g/mol. The van der Waals surface area contributed by atoms with Crippen LogP contribution in [0.15, 0.2) is 18.2 Å². The van der Waals surface area contributed by atoms with Crippen LogP contribution >= 0.6 is 0 Å². The van der Waals surface area contributed by atoms with Crippen LogP contribution in [-0.2, 0) is 6.18 Å². The summed E-state index contributed by atoms with van der Waals surface area (Å²) in [6.45, 7) is 0.233. The predicted octanol–water partition coefficient (Wildman–Crippen LogP) is 2.47. The third kappa shape index (κ3) is 1.41. The first-order valence-electron chi connectivity index (χ1n) is 3.65. The Balaban J connectivity index is 2.42. The van der Waals surface area contributed by atoms with Gasteiger partial charge in [-0.2, -0.15) is 13.2 Å². The van der Waals surface area contributed by atoms with Crippen LogP contribution in [-0.4, -0.2) is 6.73 Å². The van der Waals surface area contributed by atoms with Gasteiger partial charge in [-0.3, -0.25) is 0 Å². The molecule has 1 heterocycles. The van der Waals surface area contributed by atoms with Gasteiger partial charge in [0.05, 0.1) is 11.3 Å². The maximum absolute atomic E-state index is 12.2. The largest absolute Gasteiger partial charge is 0.471 e. The van der Waals surface area contributed by atoms with E-state index in [9.17, 15) is 13.2 Å². The molecule has 0 spiro atoms. The maximum atomic E-state index is 12.2. The van der Waals surface area contributed by atoms with E-state index in [1.165, 1.54) is 6.07 Å². The maximum Gasteiger partial charge on any atom is 0.416 e. The predicted molar refractivity (Wildman–Crippen MR) is 40.6 cm³/mol. The van der Waals surface area contributed by atoms with Crippen molar-refractivity contribution in [3.05, 3.63) is 23.8 Å². The van der Waals surface area contributed by atoms with Crippen molar-refractivity contribution < 1.29 is 17.9 Å². The zero-order valence-corrected chi connectivity index (χ0v) is 6.48. The number of benzene rings is 1. The molecule has 0 bridgehead atoms. The number of fused-ring (bicyclic) bond motifs is 1. The van der Waals surface area contributed by atoms with Crippen LogP contribution in [0.5, 0.6) is 5.75 Å². The number of alkyl halides is 3. The number of halogens is 3. The Morgan fingerprint density at radius 2 is 2.08 bits per heavy atom. The molecular formula is C8H6F3NO. The second-order valence-electron chi connectivity index (χ2n) is 2.67. The Morgan fingerprint density at radius 1 is 1.31 bits per heavy atom. The van der Waals surface area contributed by atoms with Crippen molar-refractivity contribution in [2.45, 2.75) is 6.18 Å². The van der Waals surface area contributed by atoms with Gasteiger partial charge in [-0.15, -0.1) is 0 Å². The van der Waals surface area contributed by atoms with E-state index >= 15 is 0 Å². The fourth-order valence-electron chi connectivity index (χ4n) is 1.16. The molecule has 0 aliphatic carbocycles. The first kappa shape index (κ1) is 8.22. The van der Waals surface area contributed by atoms with Crippen molar-refractivity contribution >= 4 is 5.69 Å². The van der Waals surface area contributed by atoms with Crippen LogP contribution in [0.4, 0.5) is 18.9 Å². The van der Waals surface area contributed by atoms with Gasteiger partial charge < -0.3 is 10.1 Å². The first-order chi connectivity index (χ1) is 6.07. The molecule has 0 fully saturated rings. The van der Waals surface area contributed by atoms with Gasteiger partial charge >= 0.3 is 6.18 Å². The molecule has 0 saturated carbocycles. The Labute approximate surface area is 72.3 Å². The van der Waals surface area contributed by atoms with Crippen LogP contribution in [0, 0.1) is 0 Å². The van der Waals surface area contributed by atoms with Crippen LogP contribution < -0.4 is 10.1 Å². The summed E-state index contributed by atoms with van der Waals surface area (Å²) in [5.41, 5.74) is -0.265. The van der Waals surface area contributed by atoms with Crippen molar-refractivity contribution in [1.29, 1.82) is 0 Å². The summed E-state index contributed by atoms with van der Waals surface area (Å²) in [5, 5.41) is 2.69. The molecule has 2 rings (SSSR count). The summed E-state index contributed by atoms with van der Waals surface area (Å²) in [5.74, 6) is 0.466. The van der Waals surface area contributed by atoms with E-state index in [0.29, 0.717) is 11.4 Å². The van der Waals surface area contributed by atoms with E-state index < -0.39 is 11.7 Å². The van der Waals surface area contributed by atoms with Gasteiger partial charge in [0.2, 0.25) is 0 Å². The van der Waals surface area contributed by atoms with Crippen LogP contribution in [0.3, 0.4) is 0 Å². The lowest BCUT2D eigenvalue weighted by atomic mass is 10.2. The molecule has 0 radical (unpaired) electrons. The van der Waals surface area contributed by atoms with Gasteiger partial charge in [-0.1, -0.05) is 0 Å². The fourth-order valence-corrected chi connectivity index (χ4v) is 1.16. The lowest BCUT2D eigenvalue weighted by Crippen LogP contribution is -2.04. The van der Waals surface area contributed by atoms with E-state index in [1.807, 2.05) is 0 Å². The van der Waals surface area contributed by atoms with E-state index in [4.69, 9.17) is 4.74 Å². The summed E-state index contributed by atoms with van der Waals surface area (Å²) in [6.07, 6.45) is -4.29. The summed E-state index contributed by atoms with van der Waals surface area (Å²) in [4.78, 5) is 0. The van der Waals surface area contributed by atoms with Crippen molar-refractivity contribution in [3.63, 3.8) is 0 Å². The molecule has 1 aromatic carbocycles. The van der Waals surface area contributed by atoms with Crippen molar-refractivity contribution in [2.24, 2.45) is 0 Å². The zero-order valence-electron chi connectivity index (χ0n) is 6.48. The molecule has 0 aromatic heterocycles. The highest BCUT2D eigenvalue weighted by Gasteiger charge is 2.31. The lowest BCUT2D eigenvalue weighted by Gasteiger charge is -2.06. The minimum absolute atomic E-state index is 0.233. The van der Waals surface area contributed by atoms with E-state index in [1.54, 1.807) is 0 Å². The molecule has 70 valence electrons. The van der Waals surface area contributed by atoms with Crippen molar-refractivity contribution in [2.75, 3.05) is 12.0 Å². The van der Waals surface area contributed by atoms with Crippen molar-refractivity contribution in [1.82, 2.24) is 0 Å². The average molecular weight is 189 g/mol. The second kappa shape index (κ2) is 2.55. The highest BCUT2D eigenvalue weighted by molar-refractivity contribution is 5.60. The fraction of sp³-hybridized carbons (Fsp3) is 0.250. The molecule has 1 aliphatic rings. The minimum Gasteiger partial charge on any atom is -0.471 e. The molecule has 13 heavy (non-hydrogen) atoms. The zero-order chi connectivity index (χ0) is 9.47. The molecule has 5 heteroatoms. The van der Waals surface area contributed by atoms with E-state index in [-0.39, 0.29) is 6.73 Å². The summed E-state index contributed by atoms with van der Waals surface area (Å²) >= 11 is 0. The minimum atomic E-state index is -4.29. The molecule has 0 atom stereocenters. The average Bonchev–Trinajstić information content (AvgIpc) is 2.47. The molecular weight excluding hydrogens is 183 g/mol. The number of nitrogens with one attached hydrogen (secondary N) is 1. The first-order valence-corrected chi connectivity index (χ1v) is 3.65. The molecule has 2 nitrogen and oxygen atoms in total. The van der Waals surface area contributed by atoms with Crippen LogP contribution in [0.2, 0.25) is 0 Å². The molecule has 0 unspecified atom stereocenters. The third-order valence-electron chi connectivity index (χ3n) is 1.80. The lowest BCUT2D eigenvalue weighted by molar-refractivity contribution is -0.137. The van der Waals surface area contributed by atoms with Gasteiger partial charge in [0, 0.05) is 0 Å². The Bertz CT molecular complexity index is 335. The van der Waals surface area contributed by atoms with Crippen LogP contribution in [0.1, 0.15) is 5.56 Å². The number of hydrogen-bond acceptors (Lipinski definition) is 2. The highest BCUT2D eigenvalue weighted by Crippen LogP contribution is 2.36. The number of ether oxygens (including phenoxy) is 1. The summed E-state index contributed by atoms with van der Waals surface area (Å²) in [6, 6.07) is 3.37. The van der Waals surface area contributed by atoms with Gasteiger partial charge in [0.25, 0.3) is 0 Å². The Morgan fingerprint density at radius 3 is 2.77 bits per heavy atom. The van der Waals surface area contributed by atoms with Gasteiger partial charge in [0.1, 0.15) is 5.75 Å². The smallest absolute Gasteiger partial charge is 0.416 e. The van der Waals surface area contributed by atoms with Gasteiger partial charge in [-0.05, 0) is 18.2 Å². The third-order valence-corrected chi connectivity index (χ3v) is 1.80. The van der Waals surface area contributed by atoms with Crippen LogP contribution in [0.25, 0.3) is 0 Å². The van der Waals surface area contributed by atoms with Gasteiger partial charge in [-0.25, -0.2) is 0 Å². The Hall–Kier alpha value is -1.39. The quantitative estimate of drug-likeness (QED) is 0.676. The second-order valence-corrected chi connectivity index (χ2v) is 2.67. The van der Waals surface area contributed by atoms with E-state index in [0.717, 1.165) is 12.1 Å². The Kier molecular flexibility index (Phi) is 1.61. The number of hydrogen-bond donors (Lipinski definition) is 1. The molecule has 1 aliphatic heterocycles. The van der Waals surface area contributed by atoms with Crippen molar-refractivity contribution in [3.8, 4) is 5.75 Å². The van der Waals surface area contributed by atoms with Gasteiger partial charge in [0.15, 0.2) is 6.73 Å². The topological polar surface area (TPSA) is 21.3 Å². The standard InChI is InChI=1S/C8H6F3NO/c9-8(10,11)5-1-2-7-6(3-5)12-4-13-7/h1-3,12H,4H2.